The van der Waals surface area contributed by atoms with Gasteiger partial charge in [0.25, 0.3) is 0 Å². The van der Waals surface area contributed by atoms with Crippen molar-refractivity contribution in [3.05, 3.63) is 63.4 Å². The molecule has 0 aliphatic carbocycles. The zero-order valence-corrected chi connectivity index (χ0v) is 18.0. The largest absolute Gasteiger partial charge is 0.465 e. The van der Waals surface area contributed by atoms with Gasteiger partial charge in [-0.05, 0) is 53.6 Å². The summed E-state index contributed by atoms with van der Waals surface area (Å²) in [5, 5.41) is 4.92. The summed E-state index contributed by atoms with van der Waals surface area (Å²) in [6.07, 6.45) is 5.33. The number of fused-ring (bicyclic) bond motifs is 1. The second kappa shape index (κ2) is 10.2. The third kappa shape index (κ3) is 5.36. The number of ether oxygens (including phenoxy) is 1. The van der Waals surface area contributed by atoms with E-state index in [1.807, 2.05) is 11.8 Å². The molecule has 1 aliphatic rings. The van der Waals surface area contributed by atoms with Crippen LogP contribution in [0.2, 0.25) is 0 Å². The van der Waals surface area contributed by atoms with Crippen LogP contribution in [0.1, 0.15) is 46.1 Å². The van der Waals surface area contributed by atoms with Crippen molar-refractivity contribution in [3.63, 3.8) is 0 Å². The predicted octanol–water partition coefficient (Wildman–Crippen LogP) is 3.42. The van der Waals surface area contributed by atoms with Gasteiger partial charge >= 0.3 is 5.97 Å². The van der Waals surface area contributed by atoms with Gasteiger partial charge in [-0.2, -0.15) is 0 Å². The third-order valence-electron chi connectivity index (χ3n) is 5.07. The van der Waals surface area contributed by atoms with Crippen LogP contribution in [-0.2, 0) is 27.3 Å². The fourth-order valence-corrected chi connectivity index (χ4v) is 4.33. The Kier molecular flexibility index (Phi) is 7.41. The highest BCUT2D eigenvalue weighted by molar-refractivity contribution is 7.10. The van der Waals surface area contributed by atoms with Gasteiger partial charge < -0.3 is 15.0 Å². The number of esters is 1. The van der Waals surface area contributed by atoms with Crippen molar-refractivity contribution >= 4 is 35.2 Å². The second-order valence-electron chi connectivity index (χ2n) is 7.18. The molecule has 0 fully saturated rings. The summed E-state index contributed by atoms with van der Waals surface area (Å²) >= 11 is 1.73. The van der Waals surface area contributed by atoms with Crippen LogP contribution in [0, 0.1) is 0 Å². The zero-order valence-electron chi connectivity index (χ0n) is 17.2. The number of nitrogens with zero attached hydrogens (tertiary/aromatic N) is 1. The van der Waals surface area contributed by atoms with Crippen molar-refractivity contribution in [2.24, 2.45) is 0 Å². The maximum Gasteiger partial charge on any atom is 0.337 e. The lowest BCUT2D eigenvalue weighted by atomic mass is 10.1. The molecule has 1 atom stereocenters. The second-order valence-corrected chi connectivity index (χ2v) is 8.18. The molecule has 1 aromatic carbocycles. The molecule has 6 nitrogen and oxygen atoms in total. The molecule has 3 rings (SSSR count). The van der Waals surface area contributed by atoms with Crippen LogP contribution in [0.5, 0.6) is 0 Å². The topological polar surface area (TPSA) is 75.7 Å². The van der Waals surface area contributed by atoms with Crippen LogP contribution >= 0.6 is 11.3 Å². The first-order valence-corrected chi connectivity index (χ1v) is 10.9. The monoisotopic (exact) mass is 426 g/mol. The number of hydrogen-bond acceptors (Lipinski definition) is 5. The van der Waals surface area contributed by atoms with E-state index in [4.69, 9.17) is 0 Å². The van der Waals surface area contributed by atoms with Crippen LogP contribution in [-0.4, -0.2) is 42.4 Å². The summed E-state index contributed by atoms with van der Waals surface area (Å²) in [5.74, 6) is -0.749. The Balaban J connectivity index is 1.60. The van der Waals surface area contributed by atoms with Crippen molar-refractivity contribution in [1.82, 2.24) is 10.2 Å². The molecule has 1 aromatic heterocycles. The number of carbonyl (C=O) groups is 3. The minimum atomic E-state index is -0.533. The van der Waals surface area contributed by atoms with Crippen LogP contribution in [0.3, 0.4) is 0 Å². The standard InChI is InChI=1S/C23H26N2O4S/c1-3-4-19(22(27)25-13-11-20-18(15-25)12-14-30-20)24-21(26)10-7-16-5-8-17(9-6-16)23(28)29-2/h5-10,12,14,19H,3-4,11,13,15H2,1-2H3,(H,24,26)/b10-7+. The Morgan fingerprint density at radius 1 is 1.23 bits per heavy atom. The first-order chi connectivity index (χ1) is 14.5. The molecule has 1 aliphatic heterocycles. The number of rotatable bonds is 7. The van der Waals surface area contributed by atoms with Gasteiger partial charge in [-0.3, -0.25) is 9.59 Å². The van der Waals surface area contributed by atoms with Crippen LogP contribution in [0.25, 0.3) is 6.08 Å². The number of thiophene rings is 1. The van der Waals surface area contributed by atoms with Gasteiger partial charge in [0.2, 0.25) is 11.8 Å². The number of methoxy groups -OCH3 is 1. The quantitative estimate of drug-likeness (QED) is 0.544. The molecular weight excluding hydrogens is 400 g/mol. The third-order valence-corrected chi connectivity index (χ3v) is 6.09. The number of nitrogens with one attached hydrogen (secondary N) is 1. The van der Waals surface area contributed by atoms with Crippen molar-refractivity contribution in [1.29, 1.82) is 0 Å². The van der Waals surface area contributed by atoms with Crippen molar-refractivity contribution in [3.8, 4) is 0 Å². The van der Waals surface area contributed by atoms with Gasteiger partial charge in [0.1, 0.15) is 6.04 Å². The van der Waals surface area contributed by atoms with E-state index in [1.54, 1.807) is 41.7 Å². The first-order valence-electron chi connectivity index (χ1n) is 10.0. The minimum Gasteiger partial charge on any atom is -0.465 e. The number of benzene rings is 1. The molecule has 2 aromatic rings. The molecule has 0 saturated heterocycles. The van der Waals surface area contributed by atoms with Gasteiger partial charge in [0.05, 0.1) is 12.7 Å². The SMILES string of the molecule is CCCC(NC(=O)/C=C/c1ccc(C(=O)OC)cc1)C(=O)N1CCc2sccc2C1. The van der Waals surface area contributed by atoms with Gasteiger partial charge in [-0.15, -0.1) is 11.3 Å². The van der Waals surface area contributed by atoms with E-state index >= 15 is 0 Å². The van der Waals surface area contributed by atoms with Crippen molar-refractivity contribution in [2.75, 3.05) is 13.7 Å². The summed E-state index contributed by atoms with van der Waals surface area (Å²) in [6, 6.07) is 8.28. The van der Waals surface area contributed by atoms with Gasteiger partial charge in [0, 0.05) is 24.0 Å². The highest BCUT2D eigenvalue weighted by atomic mass is 32.1. The molecule has 1 unspecified atom stereocenters. The molecule has 7 heteroatoms. The summed E-state index contributed by atoms with van der Waals surface area (Å²) in [7, 11) is 1.33. The summed E-state index contributed by atoms with van der Waals surface area (Å²) in [6.45, 7) is 3.29. The molecule has 0 radical (unpaired) electrons. The molecule has 158 valence electrons. The average molecular weight is 427 g/mol. The van der Waals surface area contributed by atoms with Crippen LogP contribution < -0.4 is 5.32 Å². The molecule has 1 N–H and O–H groups in total. The Morgan fingerprint density at radius 2 is 2.00 bits per heavy atom. The van der Waals surface area contributed by atoms with Gasteiger partial charge in [-0.25, -0.2) is 4.79 Å². The fourth-order valence-electron chi connectivity index (χ4n) is 3.44. The van der Waals surface area contributed by atoms with Crippen LogP contribution in [0.15, 0.2) is 41.8 Å². The van der Waals surface area contributed by atoms with Crippen LogP contribution in [0.4, 0.5) is 0 Å². The summed E-state index contributed by atoms with van der Waals surface area (Å²) in [5.41, 5.74) is 2.43. The molecule has 0 saturated carbocycles. The van der Waals surface area contributed by atoms with Crippen molar-refractivity contribution in [2.45, 2.75) is 38.8 Å². The molecule has 30 heavy (non-hydrogen) atoms. The highest BCUT2D eigenvalue weighted by Crippen LogP contribution is 2.24. The Morgan fingerprint density at radius 3 is 2.70 bits per heavy atom. The normalized spacial score (nSPS) is 14.3. The smallest absolute Gasteiger partial charge is 0.337 e. The first kappa shape index (κ1) is 21.8. The van der Waals surface area contributed by atoms with E-state index in [0.29, 0.717) is 25.1 Å². The molecule has 2 heterocycles. The van der Waals surface area contributed by atoms with Gasteiger partial charge in [0.15, 0.2) is 0 Å². The Bertz CT molecular complexity index is 933. The molecular formula is C23H26N2O4S. The van der Waals surface area contributed by atoms with E-state index in [2.05, 4.69) is 21.5 Å². The summed E-state index contributed by atoms with van der Waals surface area (Å²) < 4.78 is 4.67. The molecule has 0 bridgehead atoms. The highest BCUT2D eigenvalue weighted by Gasteiger charge is 2.28. The molecule has 2 amide bonds. The Labute approximate surface area is 180 Å². The van der Waals surface area contributed by atoms with E-state index in [0.717, 1.165) is 18.4 Å². The Hall–Kier alpha value is -2.93. The maximum atomic E-state index is 13.0. The average Bonchev–Trinajstić information content (AvgIpc) is 3.24. The van der Waals surface area contributed by atoms with E-state index in [1.165, 1.54) is 23.6 Å². The summed E-state index contributed by atoms with van der Waals surface area (Å²) in [4.78, 5) is 40.1. The fraction of sp³-hybridized carbons (Fsp3) is 0.348. The number of hydrogen-bond donors (Lipinski definition) is 1. The lowest BCUT2D eigenvalue weighted by Crippen LogP contribution is -2.49. The number of carbonyl (C=O) groups excluding carboxylic acids is 3. The lowest BCUT2D eigenvalue weighted by Gasteiger charge is -2.30. The van der Waals surface area contributed by atoms with Gasteiger partial charge in [-0.1, -0.05) is 25.5 Å². The zero-order chi connectivity index (χ0) is 21.5. The minimum absolute atomic E-state index is 0.0297. The lowest BCUT2D eigenvalue weighted by molar-refractivity contribution is -0.136. The van der Waals surface area contributed by atoms with Crippen molar-refractivity contribution < 1.29 is 19.1 Å². The molecule has 0 spiro atoms. The maximum absolute atomic E-state index is 13.0. The predicted molar refractivity (Wildman–Crippen MR) is 117 cm³/mol. The number of amides is 2. The van der Waals surface area contributed by atoms with E-state index < -0.39 is 12.0 Å². The van der Waals surface area contributed by atoms with E-state index in [9.17, 15) is 14.4 Å². The van der Waals surface area contributed by atoms with E-state index in [-0.39, 0.29) is 11.8 Å².